The first-order valence-corrected chi connectivity index (χ1v) is 8.42. The number of hydrogen-bond acceptors (Lipinski definition) is 1. The predicted octanol–water partition coefficient (Wildman–Crippen LogP) is 5.80. The average molecular weight is 320 g/mol. The van der Waals surface area contributed by atoms with Crippen LogP contribution < -0.4 is 0 Å². The van der Waals surface area contributed by atoms with Gasteiger partial charge in [-0.3, -0.25) is 4.98 Å². The second kappa shape index (κ2) is 5.82. The van der Waals surface area contributed by atoms with E-state index in [0.29, 0.717) is 5.92 Å². The summed E-state index contributed by atoms with van der Waals surface area (Å²) in [6.45, 7) is 3.84. The average Bonchev–Trinajstić information content (AvgIpc) is 2.61. The van der Waals surface area contributed by atoms with Crippen molar-refractivity contribution < 1.29 is 0 Å². The lowest BCUT2D eigenvalue weighted by Gasteiger charge is -2.25. The SMILES string of the molecule is C=Cc1ccc2c(Cl)c3c(nc2c1)CC(c1ccccc1)CC3. The number of aromatic nitrogens is 1. The molecular weight excluding hydrogens is 302 g/mol. The van der Waals surface area contributed by atoms with Gasteiger partial charge in [0.15, 0.2) is 0 Å². The quantitative estimate of drug-likeness (QED) is 0.581. The first-order valence-electron chi connectivity index (χ1n) is 8.04. The van der Waals surface area contributed by atoms with E-state index in [1.165, 1.54) is 11.1 Å². The maximum atomic E-state index is 6.68. The van der Waals surface area contributed by atoms with Gasteiger partial charge >= 0.3 is 0 Å². The smallest absolute Gasteiger partial charge is 0.0726 e. The Bertz CT molecular complexity index is 883. The fraction of sp³-hybridized carbons (Fsp3) is 0.190. The highest BCUT2D eigenvalue weighted by atomic mass is 35.5. The third-order valence-electron chi connectivity index (χ3n) is 4.82. The Morgan fingerprint density at radius 3 is 2.74 bits per heavy atom. The second-order valence-electron chi connectivity index (χ2n) is 6.18. The summed E-state index contributed by atoms with van der Waals surface area (Å²) in [5, 5.41) is 1.93. The normalized spacial score (nSPS) is 17.0. The van der Waals surface area contributed by atoms with Crippen molar-refractivity contribution in [1.82, 2.24) is 4.98 Å². The Morgan fingerprint density at radius 2 is 1.96 bits per heavy atom. The van der Waals surface area contributed by atoms with Crippen LogP contribution in [0, 0.1) is 0 Å². The maximum absolute atomic E-state index is 6.68. The Kier molecular flexibility index (Phi) is 3.66. The molecule has 114 valence electrons. The van der Waals surface area contributed by atoms with E-state index in [9.17, 15) is 0 Å². The number of pyridine rings is 1. The van der Waals surface area contributed by atoms with Crippen LogP contribution in [0.2, 0.25) is 5.02 Å². The molecule has 2 heteroatoms. The molecule has 0 radical (unpaired) electrons. The third-order valence-corrected chi connectivity index (χ3v) is 5.25. The fourth-order valence-corrected chi connectivity index (χ4v) is 3.91. The van der Waals surface area contributed by atoms with Crippen LogP contribution >= 0.6 is 11.6 Å². The lowest BCUT2D eigenvalue weighted by molar-refractivity contribution is 0.575. The summed E-state index contributed by atoms with van der Waals surface area (Å²) in [4.78, 5) is 4.93. The summed E-state index contributed by atoms with van der Waals surface area (Å²) in [6.07, 6.45) is 4.95. The molecule has 0 fully saturated rings. The molecule has 1 unspecified atom stereocenters. The molecule has 0 amide bonds. The van der Waals surface area contributed by atoms with Crippen LogP contribution in [0.3, 0.4) is 0 Å². The second-order valence-corrected chi connectivity index (χ2v) is 6.56. The Labute approximate surface area is 141 Å². The van der Waals surface area contributed by atoms with Crippen molar-refractivity contribution in [2.75, 3.05) is 0 Å². The molecule has 3 aromatic rings. The zero-order chi connectivity index (χ0) is 15.8. The van der Waals surface area contributed by atoms with Crippen LogP contribution in [0.1, 0.15) is 34.7 Å². The Hall–Kier alpha value is -2.12. The van der Waals surface area contributed by atoms with E-state index in [0.717, 1.165) is 46.4 Å². The van der Waals surface area contributed by atoms with Crippen molar-refractivity contribution in [3.8, 4) is 0 Å². The Balaban J connectivity index is 1.80. The van der Waals surface area contributed by atoms with Crippen LogP contribution in [0.15, 0.2) is 55.1 Å². The first-order chi connectivity index (χ1) is 11.3. The maximum Gasteiger partial charge on any atom is 0.0726 e. The highest BCUT2D eigenvalue weighted by Gasteiger charge is 2.24. The van der Waals surface area contributed by atoms with Gasteiger partial charge in [0.1, 0.15) is 0 Å². The van der Waals surface area contributed by atoms with Crippen molar-refractivity contribution in [1.29, 1.82) is 0 Å². The van der Waals surface area contributed by atoms with Gasteiger partial charge in [0.05, 0.1) is 10.5 Å². The van der Waals surface area contributed by atoms with Gasteiger partial charge in [0.25, 0.3) is 0 Å². The molecule has 23 heavy (non-hydrogen) atoms. The summed E-state index contributed by atoms with van der Waals surface area (Å²) in [5.74, 6) is 0.535. The molecule has 0 saturated heterocycles. The highest BCUT2D eigenvalue weighted by Crippen LogP contribution is 2.38. The topological polar surface area (TPSA) is 12.9 Å². The standard InChI is InChI=1S/C21H18ClN/c1-2-14-8-10-17-19(12-14)23-20-13-16(9-11-18(20)21(17)22)15-6-4-3-5-7-15/h2-8,10,12,16H,1,9,11,13H2. The van der Waals surface area contributed by atoms with Crippen molar-refractivity contribution in [3.05, 3.63) is 82.5 Å². The zero-order valence-corrected chi connectivity index (χ0v) is 13.7. The largest absolute Gasteiger partial charge is 0.252 e. The number of rotatable bonds is 2. The first kappa shape index (κ1) is 14.5. The van der Waals surface area contributed by atoms with E-state index in [2.05, 4.69) is 49.0 Å². The molecule has 1 aliphatic carbocycles. The van der Waals surface area contributed by atoms with E-state index in [1.54, 1.807) is 0 Å². The van der Waals surface area contributed by atoms with Crippen molar-refractivity contribution in [2.45, 2.75) is 25.2 Å². The monoisotopic (exact) mass is 319 g/mol. The van der Waals surface area contributed by atoms with E-state index < -0.39 is 0 Å². The van der Waals surface area contributed by atoms with Crippen molar-refractivity contribution >= 4 is 28.6 Å². The number of hydrogen-bond donors (Lipinski definition) is 0. The summed E-state index contributed by atoms with van der Waals surface area (Å²) >= 11 is 6.68. The molecule has 0 N–H and O–H groups in total. The molecule has 0 aliphatic heterocycles. The van der Waals surface area contributed by atoms with Gasteiger partial charge in [-0.05, 0) is 47.9 Å². The zero-order valence-electron chi connectivity index (χ0n) is 12.9. The van der Waals surface area contributed by atoms with Gasteiger partial charge in [-0.1, -0.05) is 66.7 Å². The highest BCUT2D eigenvalue weighted by molar-refractivity contribution is 6.36. The van der Waals surface area contributed by atoms with Crippen LogP contribution in [0.4, 0.5) is 0 Å². The lowest BCUT2D eigenvalue weighted by Crippen LogP contribution is -2.15. The van der Waals surface area contributed by atoms with Gasteiger partial charge in [0.2, 0.25) is 0 Å². The van der Waals surface area contributed by atoms with E-state index >= 15 is 0 Å². The Morgan fingerprint density at radius 1 is 1.13 bits per heavy atom. The lowest BCUT2D eigenvalue weighted by atomic mass is 9.82. The number of fused-ring (bicyclic) bond motifs is 2. The number of nitrogens with zero attached hydrogens (tertiary/aromatic N) is 1. The molecular formula is C21H18ClN. The van der Waals surface area contributed by atoms with Crippen molar-refractivity contribution in [2.24, 2.45) is 0 Å². The van der Waals surface area contributed by atoms with Gasteiger partial charge < -0.3 is 0 Å². The van der Waals surface area contributed by atoms with Crippen molar-refractivity contribution in [3.63, 3.8) is 0 Å². The molecule has 0 spiro atoms. The summed E-state index contributed by atoms with van der Waals surface area (Å²) < 4.78 is 0. The molecule has 1 aromatic heterocycles. The van der Waals surface area contributed by atoms with Gasteiger partial charge in [0, 0.05) is 11.1 Å². The molecule has 1 atom stereocenters. The minimum atomic E-state index is 0.535. The molecule has 1 nitrogen and oxygen atoms in total. The minimum Gasteiger partial charge on any atom is -0.252 e. The molecule has 4 rings (SSSR count). The van der Waals surface area contributed by atoms with Crippen LogP contribution in [-0.4, -0.2) is 4.98 Å². The molecule has 2 aromatic carbocycles. The van der Waals surface area contributed by atoms with Crippen LogP contribution in [0.25, 0.3) is 17.0 Å². The van der Waals surface area contributed by atoms with Gasteiger partial charge in [-0.15, -0.1) is 0 Å². The summed E-state index contributed by atoms with van der Waals surface area (Å²) in [6, 6.07) is 16.9. The number of benzene rings is 2. The number of halogens is 1. The molecule has 1 heterocycles. The molecule has 0 bridgehead atoms. The van der Waals surface area contributed by atoms with E-state index in [-0.39, 0.29) is 0 Å². The summed E-state index contributed by atoms with van der Waals surface area (Å²) in [7, 11) is 0. The van der Waals surface area contributed by atoms with Crippen LogP contribution in [0.5, 0.6) is 0 Å². The van der Waals surface area contributed by atoms with E-state index in [4.69, 9.17) is 16.6 Å². The molecule has 1 aliphatic rings. The molecule has 0 saturated carbocycles. The van der Waals surface area contributed by atoms with Gasteiger partial charge in [-0.25, -0.2) is 0 Å². The van der Waals surface area contributed by atoms with Crippen LogP contribution in [-0.2, 0) is 12.8 Å². The summed E-state index contributed by atoms with van der Waals surface area (Å²) in [5.41, 5.74) is 5.84. The predicted molar refractivity (Wildman–Crippen MR) is 98.1 cm³/mol. The van der Waals surface area contributed by atoms with E-state index in [1.807, 2.05) is 12.1 Å². The fourth-order valence-electron chi connectivity index (χ4n) is 3.54. The minimum absolute atomic E-state index is 0.535. The third kappa shape index (κ3) is 2.55. The van der Waals surface area contributed by atoms with Gasteiger partial charge in [-0.2, -0.15) is 0 Å².